The third-order valence-corrected chi connectivity index (χ3v) is 8.43. The first-order valence-electron chi connectivity index (χ1n) is 12.0. The number of nitrogens with zero attached hydrogens (tertiary/aromatic N) is 2. The number of amides is 3. The second kappa shape index (κ2) is 6.54. The van der Waals surface area contributed by atoms with Gasteiger partial charge in [-0.15, -0.1) is 0 Å². The molecule has 34 heavy (non-hydrogen) atoms. The standard InChI is InChI=1S/C28H25N3O3/c1-15-12-16(2)24-20(13-15)28(27(34)29-24)23-22(21-8-5-11-30(21)28)25(32)31(26(23)33)19-10-9-17-6-3-4-7-18(17)14-19/h3-4,6-7,9-10,12-14,21-23H,5,8,11H2,1-2H3,(H,29,34)/t21-,22+,23-,28-/m0/s1. The predicted molar refractivity (Wildman–Crippen MR) is 129 cm³/mol. The molecule has 3 amide bonds. The zero-order valence-corrected chi connectivity index (χ0v) is 19.2. The smallest absolute Gasteiger partial charge is 0.250 e. The van der Waals surface area contributed by atoms with Gasteiger partial charge in [0.05, 0.1) is 17.5 Å². The van der Waals surface area contributed by atoms with Crippen LogP contribution in [0.2, 0.25) is 0 Å². The van der Waals surface area contributed by atoms with Gasteiger partial charge < -0.3 is 5.32 Å². The molecule has 0 saturated carbocycles. The van der Waals surface area contributed by atoms with Gasteiger partial charge in [-0.1, -0.05) is 48.0 Å². The molecule has 3 saturated heterocycles. The van der Waals surface area contributed by atoms with Crippen LogP contribution in [0.5, 0.6) is 0 Å². The molecule has 0 unspecified atom stereocenters. The molecule has 3 fully saturated rings. The quantitative estimate of drug-likeness (QED) is 0.570. The monoisotopic (exact) mass is 451 g/mol. The molecule has 0 aromatic heterocycles. The van der Waals surface area contributed by atoms with Crippen molar-refractivity contribution in [3.63, 3.8) is 0 Å². The number of carbonyl (C=O) groups is 3. The Hall–Kier alpha value is -3.51. The van der Waals surface area contributed by atoms with Crippen LogP contribution in [0.4, 0.5) is 11.4 Å². The number of hydrogen-bond donors (Lipinski definition) is 1. The molecule has 4 aliphatic heterocycles. The Balaban J connectivity index is 1.43. The molecule has 6 heteroatoms. The number of benzene rings is 3. The number of fused-ring (bicyclic) bond motifs is 8. The lowest BCUT2D eigenvalue weighted by Gasteiger charge is -2.36. The largest absolute Gasteiger partial charge is 0.324 e. The number of carbonyl (C=O) groups excluding carboxylic acids is 3. The van der Waals surface area contributed by atoms with Gasteiger partial charge in [0.15, 0.2) is 0 Å². The molecule has 1 spiro atoms. The predicted octanol–water partition coefficient (Wildman–Crippen LogP) is 3.89. The van der Waals surface area contributed by atoms with E-state index in [1.54, 1.807) is 0 Å². The van der Waals surface area contributed by atoms with Crippen molar-refractivity contribution in [2.75, 3.05) is 16.8 Å². The molecule has 4 atom stereocenters. The summed E-state index contributed by atoms with van der Waals surface area (Å²) >= 11 is 0. The lowest BCUT2D eigenvalue weighted by atomic mass is 9.75. The molecular weight excluding hydrogens is 426 g/mol. The van der Waals surface area contributed by atoms with E-state index in [1.807, 2.05) is 62.4 Å². The van der Waals surface area contributed by atoms with Crippen LogP contribution in [-0.2, 0) is 19.9 Å². The molecule has 0 aliphatic carbocycles. The molecule has 4 heterocycles. The zero-order valence-electron chi connectivity index (χ0n) is 19.2. The van der Waals surface area contributed by atoms with E-state index in [0.717, 1.165) is 46.0 Å². The van der Waals surface area contributed by atoms with Crippen LogP contribution in [0.25, 0.3) is 10.8 Å². The summed E-state index contributed by atoms with van der Waals surface area (Å²) in [6.07, 6.45) is 1.74. The highest BCUT2D eigenvalue weighted by Gasteiger charge is 2.74. The summed E-state index contributed by atoms with van der Waals surface area (Å²) in [5, 5.41) is 5.13. The molecular formula is C28H25N3O3. The number of aryl methyl sites for hydroxylation is 2. The van der Waals surface area contributed by atoms with E-state index < -0.39 is 17.4 Å². The first-order valence-corrected chi connectivity index (χ1v) is 12.0. The highest BCUT2D eigenvalue weighted by Crippen LogP contribution is 2.61. The van der Waals surface area contributed by atoms with Gasteiger partial charge >= 0.3 is 0 Å². The SMILES string of the molecule is Cc1cc(C)c2c(c1)[C@@]1(C(=O)N2)[C@@H]2C(=O)N(c3ccc4ccccc4c3)C(=O)[C@@H]2[C@@H]2CCCN21. The number of rotatable bonds is 1. The molecule has 3 aromatic rings. The first-order chi connectivity index (χ1) is 16.4. The van der Waals surface area contributed by atoms with Crippen molar-refractivity contribution >= 4 is 39.9 Å². The van der Waals surface area contributed by atoms with Gasteiger partial charge in [-0.25, -0.2) is 4.90 Å². The second-order valence-electron chi connectivity index (χ2n) is 10.2. The summed E-state index contributed by atoms with van der Waals surface area (Å²) in [7, 11) is 0. The number of imide groups is 1. The first kappa shape index (κ1) is 19.9. The van der Waals surface area contributed by atoms with E-state index in [9.17, 15) is 14.4 Å². The fraction of sp³-hybridized carbons (Fsp3) is 0.321. The lowest BCUT2D eigenvalue weighted by Crippen LogP contribution is -2.54. The van der Waals surface area contributed by atoms with Crippen molar-refractivity contribution < 1.29 is 14.4 Å². The minimum absolute atomic E-state index is 0.107. The second-order valence-corrected chi connectivity index (χ2v) is 10.2. The van der Waals surface area contributed by atoms with Crippen LogP contribution in [0.1, 0.15) is 29.5 Å². The molecule has 6 nitrogen and oxygen atoms in total. The van der Waals surface area contributed by atoms with Crippen molar-refractivity contribution in [2.24, 2.45) is 11.8 Å². The van der Waals surface area contributed by atoms with Crippen molar-refractivity contribution in [1.29, 1.82) is 0 Å². The summed E-state index contributed by atoms with van der Waals surface area (Å²) in [4.78, 5) is 45.4. The van der Waals surface area contributed by atoms with Crippen molar-refractivity contribution in [2.45, 2.75) is 38.3 Å². The normalized spacial score (nSPS) is 29.8. The topological polar surface area (TPSA) is 69.7 Å². The fourth-order valence-electron chi connectivity index (χ4n) is 7.23. The van der Waals surface area contributed by atoms with Crippen LogP contribution in [0.3, 0.4) is 0 Å². The summed E-state index contributed by atoms with van der Waals surface area (Å²) in [6, 6.07) is 17.6. The maximum absolute atomic E-state index is 14.1. The number of anilines is 2. The van der Waals surface area contributed by atoms with Crippen LogP contribution < -0.4 is 10.2 Å². The van der Waals surface area contributed by atoms with Crippen molar-refractivity contribution in [3.8, 4) is 0 Å². The summed E-state index contributed by atoms with van der Waals surface area (Å²) < 4.78 is 0. The highest BCUT2D eigenvalue weighted by atomic mass is 16.2. The lowest BCUT2D eigenvalue weighted by molar-refractivity contribution is -0.135. The highest BCUT2D eigenvalue weighted by molar-refractivity contribution is 6.26. The maximum Gasteiger partial charge on any atom is 0.250 e. The van der Waals surface area contributed by atoms with E-state index in [0.29, 0.717) is 12.2 Å². The van der Waals surface area contributed by atoms with Crippen LogP contribution >= 0.6 is 0 Å². The van der Waals surface area contributed by atoms with Crippen molar-refractivity contribution in [1.82, 2.24) is 4.90 Å². The van der Waals surface area contributed by atoms with Gasteiger partial charge in [-0.2, -0.15) is 0 Å². The Morgan fingerprint density at radius 1 is 0.941 bits per heavy atom. The third kappa shape index (κ3) is 2.22. The third-order valence-electron chi connectivity index (χ3n) is 8.43. The maximum atomic E-state index is 14.1. The Morgan fingerprint density at radius 2 is 1.74 bits per heavy atom. The van der Waals surface area contributed by atoms with Crippen LogP contribution in [0.15, 0.2) is 54.6 Å². The van der Waals surface area contributed by atoms with Gasteiger partial charge in [-0.05, 0) is 61.7 Å². The van der Waals surface area contributed by atoms with Gasteiger partial charge in [0, 0.05) is 17.3 Å². The van der Waals surface area contributed by atoms with Gasteiger partial charge in [0.25, 0.3) is 0 Å². The Labute approximate surface area is 197 Å². The molecule has 4 aliphatic rings. The number of nitrogens with one attached hydrogen (secondary N) is 1. The van der Waals surface area contributed by atoms with Crippen LogP contribution in [0, 0.1) is 25.7 Å². The van der Waals surface area contributed by atoms with E-state index in [2.05, 4.69) is 16.3 Å². The number of hydrogen-bond acceptors (Lipinski definition) is 4. The van der Waals surface area contributed by atoms with E-state index in [-0.39, 0.29) is 23.8 Å². The summed E-state index contributed by atoms with van der Waals surface area (Å²) in [5.41, 5.74) is 3.15. The Bertz CT molecular complexity index is 1450. The van der Waals surface area contributed by atoms with Gasteiger partial charge in [-0.3, -0.25) is 19.3 Å². The molecule has 3 aromatic carbocycles. The van der Waals surface area contributed by atoms with E-state index in [1.165, 1.54) is 4.90 Å². The minimum atomic E-state index is -1.13. The van der Waals surface area contributed by atoms with Crippen LogP contribution in [-0.4, -0.2) is 35.2 Å². The average molecular weight is 452 g/mol. The minimum Gasteiger partial charge on any atom is -0.324 e. The van der Waals surface area contributed by atoms with E-state index >= 15 is 0 Å². The van der Waals surface area contributed by atoms with Gasteiger partial charge in [0.2, 0.25) is 17.7 Å². The van der Waals surface area contributed by atoms with Gasteiger partial charge in [0.1, 0.15) is 5.54 Å². The summed E-state index contributed by atoms with van der Waals surface area (Å²) in [5.74, 6) is -1.85. The Morgan fingerprint density at radius 3 is 2.56 bits per heavy atom. The fourth-order valence-corrected chi connectivity index (χ4v) is 7.23. The zero-order chi connectivity index (χ0) is 23.4. The molecule has 0 bridgehead atoms. The molecule has 1 N–H and O–H groups in total. The average Bonchev–Trinajstić information content (AvgIpc) is 3.52. The van der Waals surface area contributed by atoms with Crippen molar-refractivity contribution in [3.05, 3.63) is 71.3 Å². The summed E-state index contributed by atoms with van der Waals surface area (Å²) in [6.45, 7) is 4.72. The Kier molecular flexibility index (Phi) is 3.83. The van der Waals surface area contributed by atoms with E-state index in [4.69, 9.17) is 0 Å². The molecule has 7 rings (SSSR count). The molecule has 0 radical (unpaired) electrons. The molecule has 170 valence electrons.